The molecule has 4 saturated heterocycles. The Morgan fingerprint density at radius 2 is 0.777 bits per heavy atom. The number of likely N-dealkylation sites (tertiary alicyclic amines) is 2. The number of Topliss-reactive ketones (excluding diaryl/α,β-unsaturated/α-hetero) is 2. The Bertz CT molecular complexity index is 3280. The highest BCUT2D eigenvalue weighted by molar-refractivity contribution is 6.11. The van der Waals surface area contributed by atoms with Crippen LogP contribution in [0.1, 0.15) is 88.5 Å². The van der Waals surface area contributed by atoms with Gasteiger partial charge in [-0.3, -0.25) is 57.7 Å². The second-order valence-corrected chi connectivity index (χ2v) is 24.2. The number of ether oxygens (including phenoxy) is 12. The van der Waals surface area contributed by atoms with E-state index in [-0.39, 0.29) is 89.1 Å². The van der Waals surface area contributed by atoms with Gasteiger partial charge in [0.05, 0.1) is 51.5 Å². The number of para-hydroxylation sites is 2. The van der Waals surface area contributed by atoms with Crippen LogP contribution in [0.3, 0.4) is 0 Å². The highest BCUT2D eigenvalue weighted by atomic mass is 16.7. The van der Waals surface area contributed by atoms with E-state index in [9.17, 15) is 38.4 Å². The third-order valence-corrected chi connectivity index (χ3v) is 18.1. The van der Waals surface area contributed by atoms with E-state index in [1.165, 1.54) is 13.8 Å². The minimum absolute atomic E-state index is 0.208. The van der Waals surface area contributed by atoms with Crippen LogP contribution < -0.4 is 20.1 Å². The summed E-state index contributed by atoms with van der Waals surface area (Å²) in [5.74, 6) is -7.76. The summed E-state index contributed by atoms with van der Waals surface area (Å²) in [5.41, 5.74) is 1.05. The first-order valence-corrected chi connectivity index (χ1v) is 31.2. The van der Waals surface area contributed by atoms with Crippen LogP contribution in [0.5, 0.6) is 11.5 Å². The lowest BCUT2D eigenvalue weighted by Gasteiger charge is -2.41. The average Bonchev–Trinajstić information content (AvgIpc) is 1.54. The average molecular weight is 1300 g/mol. The van der Waals surface area contributed by atoms with Gasteiger partial charge in [0.15, 0.2) is 36.6 Å². The van der Waals surface area contributed by atoms with Crippen LogP contribution in [-0.4, -0.2) is 198 Å². The smallest absolute Gasteiger partial charge is 0.303 e. The van der Waals surface area contributed by atoms with Crippen molar-refractivity contribution in [2.75, 3.05) is 90.7 Å². The van der Waals surface area contributed by atoms with Crippen molar-refractivity contribution in [1.29, 1.82) is 0 Å². The van der Waals surface area contributed by atoms with Crippen molar-refractivity contribution in [2.45, 2.75) is 126 Å². The monoisotopic (exact) mass is 1300 g/mol. The molecule has 4 aromatic rings. The predicted molar refractivity (Wildman–Crippen MR) is 329 cm³/mol. The lowest BCUT2D eigenvalue weighted by molar-refractivity contribution is -0.226. The molecular formula is C68H78N4O22. The number of amides is 2. The second-order valence-electron chi connectivity index (χ2n) is 24.2. The summed E-state index contributed by atoms with van der Waals surface area (Å²) in [6, 6.07) is 29.0. The Kier molecular flexibility index (Phi) is 21.3. The number of nitrogens with one attached hydrogen (secondary N) is 2. The van der Waals surface area contributed by atoms with Gasteiger partial charge in [0.25, 0.3) is 0 Å². The number of fused-ring (bicyclic) bond motifs is 4. The van der Waals surface area contributed by atoms with Crippen LogP contribution in [0.4, 0.5) is 11.4 Å². The molecule has 0 aliphatic carbocycles. The van der Waals surface area contributed by atoms with Crippen LogP contribution in [0.15, 0.2) is 97.1 Å². The van der Waals surface area contributed by atoms with Crippen molar-refractivity contribution < 1.29 is 105 Å². The van der Waals surface area contributed by atoms with Crippen molar-refractivity contribution in [3.63, 3.8) is 0 Å². The van der Waals surface area contributed by atoms with Gasteiger partial charge in [-0.1, -0.05) is 60.7 Å². The molecular weight excluding hydrogens is 1220 g/mol. The third-order valence-electron chi connectivity index (χ3n) is 18.1. The highest BCUT2D eigenvalue weighted by Gasteiger charge is 2.66. The zero-order valence-electron chi connectivity index (χ0n) is 53.5. The minimum atomic E-state index is -1.43. The van der Waals surface area contributed by atoms with Gasteiger partial charge in [-0.2, -0.15) is 0 Å². The summed E-state index contributed by atoms with van der Waals surface area (Å²) in [7, 11) is 3.60. The van der Waals surface area contributed by atoms with E-state index in [0.717, 1.165) is 38.8 Å². The summed E-state index contributed by atoms with van der Waals surface area (Å²) in [4.78, 5) is 137. The van der Waals surface area contributed by atoms with E-state index in [4.69, 9.17) is 56.8 Å². The Morgan fingerprint density at radius 1 is 0.447 bits per heavy atom. The molecule has 26 heteroatoms. The molecule has 0 unspecified atom stereocenters. The van der Waals surface area contributed by atoms with Gasteiger partial charge in [-0.05, 0) is 61.6 Å². The number of nitrogens with zero attached hydrogens (tertiary/aromatic N) is 2. The molecule has 2 N–H and O–H groups in total. The Morgan fingerprint density at radius 3 is 1.13 bits per heavy atom. The molecule has 0 aromatic heterocycles. The number of esters is 6. The van der Waals surface area contributed by atoms with Gasteiger partial charge in [-0.15, -0.1) is 0 Å². The first-order chi connectivity index (χ1) is 45.0. The first-order valence-electron chi connectivity index (χ1n) is 31.2. The summed E-state index contributed by atoms with van der Waals surface area (Å²) in [6.45, 7) is 8.52. The number of ketones is 2. The molecule has 0 bridgehead atoms. The first kappa shape index (κ1) is 68.2. The maximum atomic E-state index is 15.1. The lowest BCUT2D eigenvalue weighted by atomic mass is 9.70. The maximum Gasteiger partial charge on any atom is 0.303 e. The van der Waals surface area contributed by atoms with Crippen molar-refractivity contribution in [3.8, 4) is 11.5 Å². The molecule has 14 atom stereocenters. The molecule has 502 valence electrons. The van der Waals surface area contributed by atoms with E-state index in [1.807, 2.05) is 46.2 Å². The summed E-state index contributed by atoms with van der Waals surface area (Å²) in [6.07, 6.45) is -10.5. The van der Waals surface area contributed by atoms with E-state index in [2.05, 4.69) is 10.6 Å². The van der Waals surface area contributed by atoms with E-state index in [1.54, 1.807) is 74.8 Å². The van der Waals surface area contributed by atoms with Crippen LogP contribution in [0, 0.1) is 11.8 Å². The molecule has 0 radical (unpaired) electrons. The molecule has 94 heavy (non-hydrogen) atoms. The van der Waals surface area contributed by atoms with Crippen molar-refractivity contribution >= 4 is 70.6 Å². The van der Waals surface area contributed by atoms with E-state index >= 15 is 9.59 Å². The van der Waals surface area contributed by atoms with Crippen molar-refractivity contribution in [1.82, 2.24) is 9.80 Å². The molecule has 2 spiro atoms. The SMILES string of the molecule is CC(=O)O[C@@H]1[C@@H](OC(C)=O)[C@H](OC(C)=O)CO[C@H]1CC(=O)[C@H]1[C@H](c2ccc(OCCOCCOCCOc3ccc([C@@H]4CN(C)[C@]5(C(=O)Nc6ccccc65)[C@H]4C(=O)C[C@@H]4OC[C@@H](OC(C)=O)[C@H](OC(C)=O)[C@H]4OC(C)=O)cc3)cc2)CN(C)[C@]12C(=O)Nc1ccccc12. The number of hydrogen-bond donors (Lipinski definition) is 2. The zero-order chi connectivity index (χ0) is 67.2. The zero-order valence-corrected chi connectivity index (χ0v) is 53.5. The summed E-state index contributed by atoms with van der Waals surface area (Å²) in [5, 5.41) is 5.98. The fourth-order valence-electron chi connectivity index (χ4n) is 14.6. The van der Waals surface area contributed by atoms with Gasteiger partial charge in [0.1, 0.15) is 59.6 Å². The molecule has 6 heterocycles. The largest absolute Gasteiger partial charge is 0.491 e. The van der Waals surface area contributed by atoms with Crippen LogP contribution in [0.2, 0.25) is 0 Å². The van der Waals surface area contributed by atoms with Gasteiger partial charge in [0.2, 0.25) is 11.8 Å². The van der Waals surface area contributed by atoms with E-state index in [0.29, 0.717) is 47.1 Å². The Balaban J connectivity index is 0.723. The summed E-state index contributed by atoms with van der Waals surface area (Å²) < 4.78 is 69.0. The fourth-order valence-corrected chi connectivity index (χ4v) is 14.6. The van der Waals surface area contributed by atoms with Crippen molar-refractivity contribution in [2.24, 2.45) is 11.8 Å². The van der Waals surface area contributed by atoms with Gasteiger partial charge in [-0.25, -0.2) is 0 Å². The molecule has 6 aliphatic rings. The molecule has 6 aliphatic heterocycles. The Labute approximate surface area is 542 Å². The highest BCUT2D eigenvalue weighted by Crippen LogP contribution is 2.57. The molecule has 4 aromatic carbocycles. The van der Waals surface area contributed by atoms with Crippen LogP contribution in [0.25, 0.3) is 0 Å². The number of likely N-dealkylation sites (N-methyl/N-ethyl adjacent to an activating group) is 2. The quantitative estimate of drug-likeness (QED) is 0.0525. The number of carbonyl (C=O) groups excluding carboxylic acids is 10. The molecule has 10 rings (SSSR count). The van der Waals surface area contributed by atoms with Gasteiger partial charge in [0, 0.05) is 102 Å². The fraction of sp³-hybridized carbons (Fsp3) is 0.500. The lowest BCUT2D eigenvalue weighted by Crippen LogP contribution is -2.58. The standard InChI is InChI=1S/C68H78N4O22/c1-37(73)89-57-35-87-55(61(91-39(3)75)63(57)93-41(5)77)31-53(79)59-47(33-71(7)67(59)49-13-9-11-15-51(49)69-65(67)81)43-17-21-45(22-18-43)85-29-27-83-25-26-84-28-30-86-46-23-19-44(20-24-46)48-34-72(8)68(50-14-10-12-16-52(50)70-66(68)82)60(48)54(80)32-56-62(92-40(4)76)64(94-42(6)78)58(36-88-56)90-38(2)74/h9-24,47-48,55-64H,25-36H2,1-8H3,(H,69,81)(H,70,82)/t47-,48-,55-,56-,57+,58+,59+,60+,61-,62-,63-,64-,67-,68-/m0/s1. The minimum Gasteiger partial charge on any atom is -0.491 e. The number of anilines is 2. The topological polar surface area (TPSA) is 312 Å². The molecule has 0 saturated carbocycles. The van der Waals surface area contributed by atoms with Crippen LogP contribution >= 0.6 is 0 Å². The molecule has 2 amide bonds. The van der Waals surface area contributed by atoms with E-state index < -0.39 is 119 Å². The number of hydrogen-bond acceptors (Lipinski definition) is 24. The normalized spacial score (nSPS) is 28.5. The number of rotatable bonds is 25. The van der Waals surface area contributed by atoms with Crippen LogP contribution in [-0.2, 0) is 106 Å². The third kappa shape index (κ3) is 14.1. The maximum absolute atomic E-state index is 15.1. The van der Waals surface area contributed by atoms with Crippen molar-refractivity contribution in [3.05, 3.63) is 119 Å². The van der Waals surface area contributed by atoms with Gasteiger partial charge < -0.3 is 67.5 Å². The molecule has 4 fully saturated rings. The van der Waals surface area contributed by atoms with Gasteiger partial charge >= 0.3 is 35.8 Å². The second kappa shape index (κ2) is 29.3. The summed E-state index contributed by atoms with van der Waals surface area (Å²) >= 11 is 0. The number of benzene rings is 4. The Hall–Kier alpha value is -8.66. The number of carbonyl (C=O) groups is 10. The molecule has 26 nitrogen and oxygen atoms in total. The predicted octanol–water partition coefficient (Wildman–Crippen LogP) is 4.47.